The van der Waals surface area contributed by atoms with Gasteiger partial charge in [0.1, 0.15) is 12.4 Å². The van der Waals surface area contributed by atoms with E-state index in [9.17, 15) is 4.79 Å². The van der Waals surface area contributed by atoms with Crippen molar-refractivity contribution in [3.05, 3.63) is 52.2 Å². The van der Waals surface area contributed by atoms with Crippen LogP contribution in [-0.4, -0.2) is 30.4 Å². The van der Waals surface area contributed by atoms with Crippen LogP contribution in [0.2, 0.25) is 0 Å². The monoisotopic (exact) mass is 330 g/mol. The van der Waals surface area contributed by atoms with Crippen LogP contribution in [0.3, 0.4) is 0 Å². The van der Waals surface area contributed by atoms with E-state index >= 15 is 0 Å². The third-order valence-corrected chi connectivity index (χ3v) is 5.23. The van der Waals surface area contributed by atoms with Gasteiger partial charge in [-0.1, -0.05) is 19.1 Å². The van der Waals surface area contributed by atoms with E-state index in [-0.39, 0.29) is 11.3 Å². The topological polar surface area (TPSA) is 55.6 Å². The summed E-state index contributed by atoms with van der Waals surface area (Å²) in [6, 6.07) is 11.5. The average molecular weight is 330 g/mol. The lowest BCUT2D eigenvalue weighted by Gasteiger charge is -2.22. The van der Waals surface area contributed by atoms with E-state index in [4.69, 9.17) is 10.5 Å². The molecule has 3 rings (SSSR count). The maximum atomic E-state index is 12.7. The van der Waals surface area contributed by atoms with E-state index in [1.165, 1.54) is 4.88 Å². The lowest BCUT2D eigenvalue weighted by molar-refractivity contribution is 0.0776. The van der Waals surface area contributed by atoms with Crippen molar-refractivity contribution in [2.45, 2.75) is 20.0 Å². The fourth-order valence-corrected chi connectivity index (χ4v) is 3.43. The predicted molar refractivity (Wildman–Crippen MR) is 92.8 cm³/mol. The molecule has 1 aliphatic rings. The maximum Gasteiger partial charge on any atom is 0.254 e. The second kappa shape index (κ2) is 6.72. The van der Waals surface area contributed by atoms with Gasteiger partial charge in [0.05, 0.1) is 0 Å². The molecule has 0 aliphatic carbocycles. The molecule has 4 nitrogen and oxygen atoms in total. The van der Waals surface area contributed by atoms with Crippen LogP contribution in [0, 0.1) is 5.41 Å². The molecule has 122 valence electrons. The van der Waals surface area contributed by atoms with E-state index in [0.717, 1.165) is 25.3 Å². The van der Waals surface area contributed by atoms with Gasteiger partial charge in [-0.05, 0) is 48.0 Å². The van der Waals surface area contributed by atoms with Crippen molar-refractivity contribution in [3.8, 4) is 5.75 Å². The normalized spacial score (nSPS) is 20.7. The molecule has 0 radical (unpaired) electrons. The van der Waals surface area contributed by atoms with E-state index in [1.54, 1.807) is 11.3 Å². The van der Waals surface area contributed by atoms with Crippen molar-refractivity contribution in [1.29, 1.82) is 0 Å². The van der Waals surface area contributed by atoms with Crippen LogP contribution in [0.4, 0.5) is 0 Å². The lowest BCUT2D eigenvalue weighted by Crippen LogP contribution is -2.34. The van der Waals surface area contributed by atoms with Crippen molar-refractivity contribution in [1.82, 2.24) is 4.90 Å². The van der Waals surface area contributed by atoms with Gasteiger partial charge in [-0.25, -0.2) is 0 Å². The molecule has 5 heteroatoms. The van der Waals surface area contributed by atoms with E-state index < -0.39 is 0 Å². The molecule has 0 spiro atoms. The van der Waals surface area contributed by atoms with Gasteiger partial charge in [-0.15, -0.1) is 11.3 Å². The van der Waals surface area contributed by atoms with Crippen molar-refractivity contribution >= 4 is 17.2 Å². The summed E-state index contributed by atoms with van der Waals surface area (Å²) < 4.78 is 5.79. The Balaban J connectivity index is 1.66. The van der Waals surface area contributed by atoms with Gasteiger partial charge in [0.15, 0.2) is 0 Å². The van der Waals surface area contributed by atoms with Gasteiger partial charge >= 0.3 is 0 Å². The highest BCUT2D eigenvalue weighted by molar-refractivity contribution is 7.09. The minimum Gasteiger partial charge on any atom is -0.488 e. The largest absolute Gasteiger partial charge is 0.488 e. The first kappa shape index (κ1) is 16.0. The van der Waals surface area contributed by atoms with Crippen LogP contribution < -0.4 is 10.5 Å². The number of nitrogens with zero attached hydrogens (tertiary/aromatic N) is 1. The minimum atomic E-state index is 0.0446. The van der Waals surface area contributed by atoms with Gasteiger partial charge in [-0.3, -0.25) is 4.79 Å². The van der Waals surface area contributed by atoms with Crippen molar-refractivity contribution in [3.63, 3.8) is 0 Å². The Hall–Kier alpha value is -1.85. The van der Waals surface area contributed by atoms with Crippen LogP contribution in [0.15, 0.2) is 41.8 Å². The number of benzene rings is 1. The zero-order valence-electron chi connectivity index (χ0n) is 13.3. The lowest BCUT2D eigenvalue weighted by atomic mass is 9.90. The summed E-state index contributed by atoms with van der Waals surface area (Å²) in [5, 5.41) is 2.03. The van der Waals surface area contributed by atoms with E-state index in [2.05, 4.69) is 6.92 Å². The fourth-order valence-electron chi connectivity index (χ4n) is 2.81. The Bertz CT molecular complexity index is 671. The molecule has 1 unspecified atom stereocenters. The van der Waals surface area contributed by atoms with Crippen molar-refractivity contribution < 1.29 is 9.53 Å². The van der Waals surface area contributed by atoms with E-state index in [1.807, 2.05) is 46.7 Å². The second-order valence-corrected chi connectivity index (χ2v) is 7.42. The maximum absolute atomic E-state index is 12.7. The summed E-state index contributed by atoms with van der Waals surface area (Å²) in [6.07, 6.45) is 0.962. The van der Waals surface area contributed by atoms with Gasteiger partial charge < -0.3 is 15.4 Å². The molecule has 0 bridgehead atoms. The van der Waals surface area contributed by atoms with Gasteiger partial charge in [0.25, 0.3) is 5.91 Å². The summed E-state index contributed by atoms with van der Waals surface area (Å²) in [6.45, 7) is 4.78. The Morgan fingerprint density at radius 1 is 1.39 bits per heavy atom. The summed E-state index contributed by atoms with van der Waals surface area (Å²) in [5.74, 6) is 0.786. The number of hydrogen-bond acceptors (Lipinski definition) is 4. The van der Waals surface area contributed by atoms with Gasteiger partial charge in [-0.2, -0.15) is 0 Å². The van der Waals surface area contributed by atoms with Crippen LogP contribution in [0.1, 0.15) is 28.6 Å². The van der Waals surface area contributed by atoms with Gasteiger partial charge in [0, 0.05) is 23.5 Å². The third-order valence-electron chi connectivity index (χ3n) is 4.38. The SMILES string of the molecule is CC1(CN)CCN(C(=O)c2cccc(OCc3cccs3)c2)C1. The number of amides is 1. The molecule has 1 saturated heterocycles. The van der Waals surface area contributed by atoms with Crippen LogP contribution in [0.5, 0.6) is 5.75 Å². The second-order valence-electron chi connectivity index (χ2n) is 6.39. The zero-order valence-corrected chi connectivity index (χ0v) is 14.1. The molecular formula is C18H22N2O2S. The Morgan fingerprint density at radius 3 is 2.96 bits per heavy atom. The minimum absolute atomic E-state index is 0.0446. The molecule has 23 heavy (non-hydrogen) atoms. The molecule has 2 N–H and O–H groups in total. The smallest absolute Gasteiger partial charge is 0.254 e. The molecule has 1 aromatic carbocycles. The molecular weight excluding hydrogens is 308 g/mol. The summed E-state index contributed by atoms with van der Waals surface area (Å²) >= 11 is 1.66. The Morgan fingerprint density at radius 2 is 2.26 bits per heavy atom. The Labute approximate surface area is 140 Å². The van der Waals surface area contributed by atoms with Gasteiger partial charge in [0.2, 0.25) is 0 Å². The Kier molecular flexibility index (Phi) is 4.68. The summed E-state index contributed by atoms with van der Waals surface area (Å²) in [4.78, 5) is 15.7. The number of carbonyl (C=O) groups excluding carboxylic acids is 1. The number of rotatable bonds is 5. The first-order valence-electron chi connectivity index (χ1n) is 7.84. The third kappa shape index (κ3) is 3.74. The molecule has 2 heterocycles. The fraction of sp³-hybridized carbons (Fsp3) is 0.389. The van der Waals surface area contributed by atoms with Crippen LogP contribution in [-0.2, 0) is 6.61 Å². The van der Waals surface area contributed by atoms with Crippen molar-refractivity contribution in [2.75, 3.05) is 19.6 Å². The zero-order chi connectivity index (χ0) is 16.3. The number of hydrogen-bond donors (Lipinski definition) is 1. The molecule has 1 aromatic heterocycles. The molecule has 1 aliphatic heterocycles. The number of likely N-dealkylation sites (tertiary alicyclic amines) is 1. The summed E-state index contributed by atoms with van der Waals surface area (Å²) in [7, 11) is 0. The highest BCUT2D eigenvalue weighted by Crippen LogP contribution is 2.30. The molecule has 2 aromatic rings. The van der Waals surface area contributed by atoms with E-state index in [0.29, 0.717) is 18.7 Å². The first-order valence-corrected chi connectivity index (χ1v) is 8.72. The number of thiophene rings is 1. The summed E-state index contributed by atoms with van der Waals surface area (Å²) in [5.41, 5.74) is 6.54. The average Bonchev–Trinajstić information content (AvgIpc) is 3.23. The first-order chi connectivity index (χ1) is 11.1. The highest BCUT2D eigenvalue weighted by atomic mass is 32.1. The predicted octanol–water partition coefficient (Wildman–Crippen LogP) is 3.14. The quantitative estimate of drug-likeness (QED) is 0.916. The number of carbonyl (C=O) groups is 1. The highest BCUT2D eigenvalue weighted by Gasteiger charge is 2.35. The molecule has 1 atom stereocenters. The standard InChI is InChI=1S/C18H22N2O2S/c1-18(12-19)7-8-20(13-18)17(21)14-4-2-5-15(10-14)22-11-16-6-3-9-23-16/h2-6,9-10H,7-8,11-13,19H2,1H3. The van der Waals surface area contributed by atoms with Crippen LogP contribution in [0.25, 0.3) is 0 Å². The van der Waals surface area contributed by atoms with Crippen LogP contribution >= 0.6 is 11.3 Å². The molecule has 1 amide bonds. The molecule has 0 saturated carbocycles. The number of ether oxygens (including phenoxy) is 1. The van der Waals surface area contributed by atoms with Crippen molar-refractivity contribution in [2.24, 2.45) is 11.1 Å². The molecule has 1 fully saturated rings. The number of nitrogens with two attached hydrogens (primary N) is 1.